The lowest BCUT2D eigenvalue weighted by Gasteiger charge is -2.28. The normalized spacial score (nSPS) is 17.4. The lowest BCUT2D eigenvalue weighted by atomic mass is 9.99. The number of furan rings is 1. The Morgan fingerprint density at radius 2 is 2.16 bits per heavy atom. The van der Waals surface area contributed by atoms with Gasteiger partial charge in [0.2, 0.25) is 0 Å². The summed E-state index contributed by atoms with van der Waals surface area (Å²) in [6.45, 7) is 4.33. The first-order chi connectivity index (χ1) is 12.1. The second kappa shape index (κ2) is 7.35. The molecule has 0 saturated heterocycles. The maximum absolute atomic E-state index is 12.3. The van der Waals surface area contributed by atoms with Gasteiger partial charge in [-0.25, -0.2) is 4.79 Å². The van der Waals surface area contributed by atoms with E-state index in [0.29, 0.717) is 23.7 Å². The van der Waals surface area contributed by atoms with E-state index in [9.17, 15) is 9.90 Å². The molecule has 0 radical (unpaired) electrons. The molecule has 136 valence electrons. The molecule has 2 amide bonds. The zero-order valence-corrected chi connectivity index (χ0v) is 14.8. The van der Waals surface area contributed by atoms with Crippen LogP contribution in [-0.4, -0.2) is 29.9 Å². The summed E-state index contributed by atoms with van der Waals surface area (Å²) in [6, 6.07) is 7.09. The molecule has 1 aromatic heterocycles. The molecule has 1 saturated carbocycles. The van der Waals surface area contributed by atoms with Crippen LogP contribution in [0.4, 0.5) is 4.79 Å². The zero-order valence-electron chi connectivity index (χ0n) is 14.8. The van der Waals surface area contributed by atoms with Crippen molar-refractivity contribution in [3.63, 3.8) is 0 Å². The third-order valence-electron chi connectivity index (χ3n) is 4.84. The highest BCUT2D eigenvalue weighted by Gasteiger charge is 2.35. The van der Waals surface area contributed by atoms with Gasteiger partial charge >= 0.3 is 6.03 Å². The van der Waals surface area contributed by atoms with Crippen LogP contribution < -0.4 is 15.4 Å². The molecular formula is C19H26N2O4. The van der Waals surface area contributed by atoms with Gasteiger partial charge in [0.15, 0.2) is 11.3 Å². The Labute approximate surface area is 147 Å². The monoisotopic (exact) mass is 346 g/mol. The average Bonchev–Trinajstić information content (AvgIpc) is 3.23. The Bertz CT molecular complexity index is 734. The van der Waals surface area contributed by atoms with Crippen molar-refractivity contribution >= 4 is 17.0 Å². The number of urea groups is 1. The first-order valence-corrected chi connectivity index (χ1v) is 8.92. The summed E-state index contributed by atoms with van der Waals surface area (Å²) in [6.07, 6.45) is 3.68. The van der Waals surface area contributed by atoms with Crippen LogP contribution in [0, 0.1) is 0 Å². The van der Waals surface area contributed by atoms with Gasteiger partial charge in [-0.05, 0) is 38.8 Å². The van der Waals surface area contributed by atoms with Crippen LogP contribution in [0.15, 0.2) is 28.7 Å². The van der Waals surface area contributed by atoms with Crippen molar-refractivity contribution in [2.24, 2.45) is 0 Å². The van der Waals surface area contributed by atoms with Crippen molar-refractivity contribution < 1.29 is 19.1 Å². The molecule has 25 heavy (non-hydrogen) atoms. The van der Waals surface area contributed by atoms with E-state index in [2.05, 4.69) is 10.6 Å². The molecule has 1 heterocycles. The number of fused-ring (bicyclic) bond motifs is 1. The van der Waals surface area contributed by atoms with E-state index in [0.717, 1.165) is 31.1 Å². The topological polar surface area (TPSA) is 83.7 Å². The highest BCUT2D eigenvalue weighted by molar-refractivity contribution is 5.84. The number of ether oxygens (including phenoxy) is 1. The maximum Gasteiger partial charge on any atom is 0.315 e. The molecule has 1 aliphatic carbocycles. The number of carbonyl (C=O) groups excluding carboxylic acids is 1. The van der Waals surface area contributed by atoms with Crippen LogP contribution in [0.5, 0.6) is 5.75 Å². The summed E-state index contributed by atoms with van der Waals surface area (Å²) in [7, 11) is 0. The van der Waals surface area contributed by atoms with Gasteiger partial charge in [-0.2, -0.15) is 0 Å². The Kier molecular flexibility index (Phi) is 5.18. The number of benzene rings is 1. The first kappa shape index (κ1) is 17.6. The second-order valence-corrected chi connectivity index (χ2v) is 6.72. The summed E-state index contributed by atoms with van der Waals surface area (Å²) in [5, 5.41) is 16.4. The number of aliphatic hydroxyl groups is 1. The third kappa shape index (κ3) is 3.74. The number of amides is 2. The second-order valence-electron chi connectivity index (χ2n) is 6.72. The number of nitrogens with one attached hydrogen (secondary N) is 2. The minimum absolute atomic E-state index is 0.0306. The fraction of sp³-hybridized carbons (Fsp3) is 0.526. The molecule has 1 aliphatic rings. The van der Waals surface area contributed by atoms with E-state index >= 15 is 0 Å². The van der Waals surface area contributed by atoms with E-state index in [4.69, 9.17) is 9.15 Å². The minimum atomic E-state index is -0.486. The van der Waals surface area contributed by atoms with Crippen LogP contribution in [0.2, 0.25) is 0 Å². The Morgan fingerprint density at radius 3 is 2.84 bits per heavy atom. The van der Waals surface area contributed by atoms with Crippen molar-refractivity contribution in [3.05, 3.63) is 30.0 Å². The van der Waals surface area contributed by atoms with Gasteiger partial charge in [-0.3, -0.25) is 0 Å². The van der Waals surface area contributed by atoms with Crippen molar-refractivity contribution in [2.45, 2.75) is 51.1 Å². The van der Waals surface area contributed by atoms with Crippen molar-refractivity contribution in [1.82, 2.24) is 10.6 Å². The fourth-order valence-electron chi connectivity index (χ4n) is 3.46. The number of carbonyl (C=O) groups is 1. The molecule has 3 rings (SSSR count). The predicted octanol–water partition coefficient (Wildman–Crippen LogP) is 3.50. The number of para-hydroxylation sites is 1. The summed E-state index contributed by atoms with van der Waals surface area (Å²) in [5.74, 6) is 1.37. The molecule has 1 atom stereocenters. The quantitative estimate of drug-likeness (QED) is 0.747. The van der Waals surface area contributed by atoms with E-state index in [-0.39, 0.29) is 18.7 Å². The molecule has 0 bridgehead atoms. The summed E-state index contributed by atoms with van der Waals surface area (Å²) in [5.41, 5.74) is 0.204. The average molecular weight is 346 g/mol. The summed E-state index contributed by atoms with van der Waals surface area (Å²) in [4.78, 5) is 12.3. The van der Waals surface area contributed by atoms with Gasteiger partial charge in [0.1, 0.15) is 5.76 Å². The van der Waals surface area contributed by atoms with Crippen LogP contribution >= 0.6 is 0 Å². The summed E-state index contributed by atoms with van der Waals surface area (Å²) < 4.78 is 11.5. The lowest BCUT2D eigenvalue weighted by Crippen LogP contribution is -2.53. The maximum atomic E-state index is 12.3. The van der Waals surface area contributed by atoms with Crippen molar-refractivity contribution in [2.75, 3.05) is 13.2 Å². The SMILES string of the molecule is CCOc1cccc2cc(C(C)NC(=O)NC3(CO)CCCC3)oc12. The third-order valence-corrected chi connectivity index (χ3v) is 4.84. The van der Waals surface area contributed by atoms with Gasteiger partial charge < -0.3 is 24.9 Å². The Balaban J connectivity index is 1.70. The van der Waals surface area contributed by atoms with E-state index < -0.39 is 5.54 Å². The molecule has 6 nitrogen and oxygen atoms in total. The Morgan fingerprint density at radius 1 is 1.40 bits per heavy atom. The molecule has 1 aromatic carbocycles. The number of hydrogen-bond acceptors (Lipinski definition) is 4. The van der Waals surface area contributed by atoms with Crippen LogP contribution in [0.3, 0.4) is 0 Å². The standard InChI is InChI=1S/C19H26N2O4/c1-3-24-15-8-6-7-14-11-16(25-17(14)15)13(2)20-18(23)21-19(12-22)9-4-5-10-19/h6-8,11,13,22H,3-5,9-10,12H2,1-2H3,(H2,20,21,23). The molecule has 0 spiro atoms. The van der Waals surface area contributed by atoms with Gasteiger partial charge in [0.25, 0.3) is 0 Å². The summed E-state index contributed by atoms with van der Waals surface area (Å²) >= 11 is 0. The highest BCUT2D eigenvalue weighted by atomic mass is 16.5. The lowest BCUT2D eigenvalue weighted by molar-refractivity contribution is 0.161. The van der Waals surface area contributed by atoms with Gasteiger partial charge in [-0.1, -0.05) is 25.0 Å². The zero-order chi connectivity index (χ0) is 17.9. The molecule has 6 heteroatoms. The van der Waals surface area contributed by atoms with E-state index in [1.54, 1.807) is 0 Å². The minimum Gasteiger partial charge on any atom is -0.490 e. The van der Waals surface area contributed by atoms with E-state index in [1.807, 2.05) is 38.1 Å². The number of aliphatic hydroxyl groups excluding tert-OH is 1. The first-order valence-electron chi connectivity index (χ1n) is 8.92. The number of rotatable bonds is 6. The smallest absolute Gasteiger partial charge is 0.315 e. The van der Waals surface area contributed by atoms with Gasteiger partial charge in [0.05, 0.1) is 24.8 Å². The van der Waals surface area contributed by atoms with E-state index in [1.165, 1.54) is 0 Å². The van der Waals surface area contributed by atoms with Crippen LogP contribution in [0.25, 0.3) is 11.0 Å². The molecule has 3 N–H and O–H groups in total. The molecule has 1 unspecified atom stereocenters. The van der Waals surface area contributed by atoms with Crippen molar-refractivity contribution in [3.8, 4) is 5.75 Å². The predicted molar refractivity (Wildman–Crippen MR) is 95.8 cm³/mol. The molecular weight excluding hydrogens is 320 g/mol. The van der Waals surface area contributed by atoms with Crippen LogP contribution in [-0.2, 0) is 0 Å². The largest absolute Gasteiger partial charge is 0.490 e. The number of hydrogen-bond donors (Lipinski definition) is 3. The fourth-order valence-corrected chi connectivity index (χ4v) is 3.46. The molecule has 2 aromatic rings. The van der Waals surface area contributed by atoms with Crippen molar-refractivity contribution in [1.29, 1.82) is 0 Å². The van der Waals surface area contributed by atoms with Crippen LogP contribution in [0.1, 0.15) is 51.3 Å². The Hall–Kier alpha value is -2.21. The highest BCUT2D eigenvalue weighted by Crippen LogP contribution is 2.32. The van der Waals surface area contributed by atoms with Gasteiger partial charge in [-0.15, -0.1) is 0 Å². The molecule has 1 fully saturated rings. The molecule has 0 aliphatic heterocycles. The van der Waals surface area contributed by atoms with Gasteiger partial charge in [0, 0.05) is 5.39 Å².